The van der Waals surface area contributed by atoms with Gasteiger partial charge in [-0.25, -0.2) is 14.1 Å². The summed E-state index contributed by atoms with van der Waals surface area (Å²) < 4.78 is 54.2. The van der Waals surface area contributed by atoms with E-state index in [1.165, 1.54) is 29.6 Å². The number of carbonyl (C=O) groups excluding carboxylic acids is 3. The summed E-state index contributed by atoms with van der Waals surface area (Å²) in [6.45, 7) is 0. The van der Waals surface area contributed by atoms with Crippen LogP contribution in [-0.2, 0) is 4.79 Å². The molecule has 1 fully saturated rings. The zero-order valence-electron chi connectivity index (χ0n) is 13.4. The lowest BCUT2D eigenvalue weighted by Gasteiger charge is -2.29. The van der Waals surface area contributed by atoms with Gasteiger partial charge >= 0.3 is 12.2 Å². The smallest absolute Gasteiger partial charge is 0.314 e. The Balaban J connectivity index is 2.00. The second-order valence-corrected chi connectivity index (χ2v) is 5.62. The van der Waals surface area contributed by atoms with Gasteiger partial charge in [0.1, 0.15) is 5.82 Å². The lowest BCUT2D eigenvalue weighted by Crippen LogP contribution is -2.69. The number of hydrogen-bond acceptors (Lipinski definition) is 3. The molecule has 0 bridgehead atoms. The van der Waals surface area contributed by atoms with Gasteiger partial charge in [-0.1, -0.05) is 18.2 Å². The Hall–Kier alpha value is -3.43. The van der Waals surface area contributed by atoms with E-state index >= 15 is 0 Å². The molecule has 0 radical (unpaired) electrons. The number of rotatable bonds is 3. The second kappa shape index (κ2) is 6.38. The molecular formula is C17H11F4N3O3. The molecule has 1 atom stereocenters. The molecule has 1 saturated heterocycles. The Bertz CT molecular complexity index is 900. The van der Waals surface area contributed by atoms with Gasteiger partial charge in [-0.2, -0.15) is 13.2 Å². The molecule has 0 spiro atoms. The van der Waals surface area contributed by atoms with Crippen LogP contribution in [0.4, 0.5) is 28.0 Å². The molecule has 6 nitrogen and oxygen atoms in total. The monoisotopic (exact) mass is 381 g/mol. The Morgan fingerprint density at radius 1 is 1.00 bits per heavy atom. The van der Waals surface area contributed by atoms with E-state index in [1.807, 2.05) is 0 Å². The average molecular weight is 381 g/mol. The highest BCUT2D eigenvalue weighted by Crippen LogP contribution is 2.36. The lowest BCUT2D eigenvalue weighted by molar-refractivity contribution is -0.197. The highest BCUT2D eigenvalue weighted by molar-refractivity contribution is 6.24. The fraction of sp³-hybridized carbons (Fsp3) is 0.118. The summed E-state index contributed by atoms with van der Waals surface area (Å²) in [5.74, 6) is -3.66. The number of nitrogens with zero attached hydrogens (tertiary/aromatic N) is 1. The van der Waals surface area contributed by atoms with E-state index in [9.17, 15) is 31.9 Å². The van der Waals surface area contributed by atoms with Crippen LogP contribution in [0.2, 0.25) is 0 Å². The van der Waals surface area contributed by atoms with Crippen LogP contribution in [0.15, 0.2) is 54.6 Å². The molecule has 2 N–H and O–H groups in total. The van der Waals surface area contributed by atoms with Crippen molar-refractivity contribution in [3.63, 3.8) is 0 Å². The van der Waals surface area contributed by atoms with Crippen molar-refractivity contribution in [2.24, 2.45) is 0 Å². The van der Waals surface area contributed by atoms with Crippen molar-refractivity contribution in [2.75, 3.05) is 4.90 Å². The molecule has 0 saturated carbocycles. The van der Waals surface area contributed by atoms with Gasteiger partial charge in [-0.05, 0) is 36.4 Å². The number of benzene rings is 2. The topological polar surface area (TPSA) is 78.5 Å². The van der Waals surface area contributed by atoms with Gasteiger partial charge in [-0.3, -0.25) is 14.9 Å². The van der Waals surface area contributed by atoms with E-state index in [4.69, 9.17) is 0 Å². The first-order chi connectivity index (χ1) is 12.7. The third-order valence-corrected chi connectivity index (χ3v) is 3.87. The molecule has 4 amide bonds. The third-order valence-electron chi connectivity index (χ3n) is 3.87. The van der Waals surface area contributed by atoms with Crippen LogP contribution < -0.4 is 15.5 Å². The van der Waals surface area contributed by atoms with Gasteiger partial charge in [0.25, 0.3) is 17.5 Å². The lowest BCUT2D eigenvalue weighted by atomic mass is 10.1. The number of hydrogen-bond donors (Lipinski definition) is 2. The summed E-state index contributed by atoms with van der Waals surface area (Å²) in [5, 5.41) is 3.09. The number of nitrogens with one attached hydrogen (secondary N) is 2. The predicted octanol–water partition coefficient (Wildman–Crippen LogP) is 2.57. The van der Waals surface area contributed by atoms with E-state index < -0.39 is 35.5 Å². The summed E-state index contributed by atoms with van der Waals surface area (Å²) in [6.07, 6.45) is -5.33. The molecule has 2 aromatic carbocycles. The Labute approximate surface area is 149 Å². The molecule has 140 valence electrons. The molecule has 0 aliphatic carbocycles. The molecule has 0 unspecified atom stereocenters. The maximum atomic E-state index is 13.7. The van der Waals surface area contributed by atoms with Crippen LogP contribution in [0, 0.1) is 5.82 Å². The summed E-state index contributed by atoms with van der Waals surface area (Å²) in [4.78, 5) is 37.1. The van der Waals surface area contributed by atoms with E-state index in [0.29, 0.717) is 0 Å². The summed E-state index contributed by atoms with van der Waals surface area (Å²) in [6, 6.07) is 9.20. The van der Waals surface area contributed by atoms with E-state index in [-0.39, 0.29) is 16.2 Å². The SMILES string of the molecule is O=C(N[C@]1(C(F)(F)F)NC(=O)N(c2ccc(F)cc2)C1=O)c1ccccc1. The van der Waals surface area contributed by atoms with E-state index in [1.54, 1.807) is 11.4 Å². The van der Waals surface area contributed by atoms with Crippen LogP contribution in [-0.4, -0.2) is 29.7 Å². The minimum Gasteiger partial charge on any atom is -0.314 e. The van der Waals surface area contributed by atoms with E-state index in [2.05, 4.69) is 0 Å². The van der Waals surface area contributed by atoms with Crippen LogP contribution in [0.5, 0.6) is 0 Å². The first-order valence-corrected chi connectivity index (χ1v) is 7.52. The number of alkyl halides is 3. The van der Waals surface area contributed by atoms with Crippen molar-refractivity contribution >= 4 is 23.5 Å². The molecule has 27 heavy (non-hydrogen) atoms. The molecule has 3 rings (SSSR count). The van der Waals surface area contributed by atoms with Gasteiger partial charge in [-0.15, -0.1) is 0 Å². The maximum absolute atomic E-state index is 13.7. The maximum Gasteiger partial charge on any atom is 0.440 e. The molecule has 1 aliphatic rings. The van der Waals surface area contributed by atoms with Gasteiger partial charge in [0.15, 0.2) is 0 Å². The molecule has 10 heteroatoms. The molecule has 1 heterocycles. The summed E-state index contributed by atoms with van der Waals surface area (Å²) in [5.41, 5.74) is -4.06. The Morgan fingerprint density at radius 2 is 1.59 bits per heavy atom. The summed E-state index contributed by atoms with van der Waals surface area (Å²) >= 11 is 0. The zero-order valence-corrected chi connectivity index (χ0v) is 13.4. The van der Waals surface area contributed by atoms with Crippen molar-refractivity contribution in [1.82, 2.24) is 10.6 Å². The highest BCUT2D eigenvalue weighted by atomic mass is 19.4. The molecular weight excluding hydrogens is 370 g/mol. The van der Waals surface area contributed by atoms with Gasteiger partial charge in [0, 0.05) is 5.56 Å². The van der Waals surface area contributed by atoms with Gasteiger partial charge in [0.2, 0.25) is 0 Å². The van der Waals surface area contributed by atoms with Crippen molar-refractivity contribution in [1.29, 1.82) is 0 Å². The minimum absolute atomic E-state index is 0.136. The van der Waals surface area contributed by atoms with Gasteiger partial charge in [0.05, 0.1) is 5.69 Å². The Kier molecular flexibility index (Phi) is 4.34. The van der Waals surface area contributed by atoms with Crippen molar-refractivity contribution in [3.8, 4) is 0 Å². The van der Waals surface area contributed by atoms with Crippen molar-refractivity contribution in [2.45, 2.75) is 11.8 Å². The van der Waals surface area contributed by atoms with Gasteiger partial charge < -0.3 is 5.32 Å². The number of amides is 4. The quantitative estimate of drug-likeness (QED) is 0.634. The van der Waals surface area contributed by atoms with E-state index in [0.717, 1.165) is 24.3 Å². The zero-order chi connectivity index (χ0) is 19.8. The number of halogens is 4. The highest BCUT2D eigenvalue weighted by Gasteiger charge is 2.69. The van der Waals surface area contributed by atoms with Crippen LogP contribution in [0.25, 0.3) is 0 Å². The average Bonchev–Trinajstić information content (AvgIpc) is 2.87. The first kappa shape index (κ1) is 18.4. The number of imide groups is 1. The van der Waals surface area contributed by atoms with Crippen LogP contribution in [0.1, 0.15) is 10.4 Å². The minimum atomic E-state index is -5.33. The molecule has 2 aromatic rings. The molecule has 1 aliphatic heterocycles. The predicted molar refractivity (Wildman–Crippen MR) is 85.1 cm³/mol. The second-order valence-electron chi connectivity index (χ2n) is 5.62. The number of anilines is 1. The number of carbonyl (C=O) groups is 3. The third kappa shape index (κ3) is 3.09. The fourth-order valence-corrected chi connectivity index (χ4v) is 2.53. The standard InChI is InChI=1S/C17H11F4N3O3/c18-11-6-8-12(9-7-11)24-14(26)16(17(19,20)21,23-15(24)27)22-13(25)10-4-2-1-3-5-10/h1-9H,(H,22,25)(H,23,27)/t16-/m0/s1. The Morgan fingerprint density at radius 3 is 2.15 bits per heavy atom. The largest absolute Gasteiger partial charge is 0.440 e. The van der Waals surface area contributed by atoms with Crippen LogP contribution in [0.3, 0.4) is 0 Å². The van der Waals surface area contributed by atoms with Crippen molar-refractivity contribution < 1.29 is 31.9 Å². The van der Waals surface area contributed by atoms with Crippen molar-refractivity contribution in [3.05, 3.63) is 66.0 Å². The number of urea groups is 1. The van der Waals surface area contributed by atoms with Crippen LogP contribution >= 0.6 is 0 Å². The fourth-order valence-electron chi connectivity index (χ4n) is 2.53. The summed E-state index contributed by atoms with van der Waals surface area (Å²) in [7, 11) is 0. The molecule has 0 aromatic heterocycles. The first-order valence-electron chi connectivity index (χ1n) is 7.52. The normalized spacial score (nSPS) is 19.8.